The lowest BCUT2D eigenvalue weighted by Gasteiger charge is -2.12. The second-order valence-electron chi connectivity index (χ2n) is 5.25. The molecular formula is C19H21NO3. The highest BCUT2D eigenvalue weighted by atomic mass is 16.5. The SMILES string of the molecule is COc1ccc(NC(C)=CC(=O)c2ccc(C)cc2)c(OC)c1. The minimum absolute atomic E-state index is 0.0394. The molecule has 0 aliphatic carbocycles. The summed E-state index contributed by atoms with van der Waals surface area (Å²) in [7, 11) is 3.20. The maximum absolute atomic E-state index is 12.2. The summed E-state index contributed by atoms with van der Waals surface area (Å²) < 4.78 is 10.5. The first kappa shape index (κ1) is 16.6. The average Bonchev–Trinajstić information content (AvgIpc) is 2.55. The van der Waals surface area contributed by atoms with Gasteiger partial charge in [-0.2, -0.15) is 0 Å². The summed E-state index contributed by atoms with van der Waals surface area (Å²) in [5, 5.41) is 3.18. The van der Waals surface area contributed by atoms with Crippen molar-refractivity contribution < 1.29 is 14.3 Å². The maximum Gasteiger partial charge on any atom is 0.187 e. The number of aryl methyl sites for hydroxylation is 1. The number of allylic oxidation sites excluding steroid dienone is 2. The number of benzene rings is 2. The number of hydrogen-bond donors (Lipinski definition) is 1. The van der Waals surface area contributed by atoms with E-state index in [0.29, 0.717) is 17.1 Å². The molecule has 4 heteroatoms. The van der Waals surface area contributed by atoms with Crippen molar-refractivity contribution in [2.75, 3.05) is 19.5 Å². The van der Waals surface area contributed by atoms with Gasteiger partial charge in [-0.15, -0.1) is 0 Å². The second-order valence-corrected chi connectivity index (χ2v) is 5.25. The first-order chi connectivity index (χ1) is 11.0. The summed E-state index contributed by atoms with van der Waals surface area (Å²) in [6.07, 6.45) is 1.58. The number of carbonyl (C=O) groups is 1. The molecule has 0 spiro atoms. The summed E-state index contributed by atoms with van der Waals surface area (Å²) >= 11 is 0. The van der Waals surface area contributed by atoms with E-state index in [1.165, 1.54) is 0 Å². The van der Waals surface area contributed by atoms with Crippen molar-refractivity contribution in [3.63, 3.8) is 0 Å². The number of anilines is 1. The number of ketones is 1. The molecule has 0 heterocycles. The predicted molar refractivity (Wildman–Crippen MR) is 92.4 cm³/mol. The zero-order valence-electron chi connectivity index (χ0n) is 13.8. The molecule has 0 aliphatic rings. The first-order valence-electron chi connectivity index (χ1n) is 7.32. The van der Waals surface area contributed by atoms with Crippen molar-refractivity contribution in [2.45, 2.75) is 13.8 Å². The Morgan fingerprint density at radius 1 is 1.04 bits per heavy atom. The van der Waals surface area contributed by atoms with Crippen molar-refractivity contribution in [3.8, 4) is 11.5 Å². The van der Waals surface area contributed by atoms with Crippen LogP contribution in [0, 0.1) is 6.92 Å². The van der Waals surface area contributed by atoms with Gasteiger partial charge in [0.2, 0.25) is 0 Å². The van der Waals surface area contributed by atoms with Crippen molar-refractivity contribution in [1.82, 2.24) is 0 Å². The van der Waals surface area contributed by atoms with Gasteiger partial charge in [-0.3, -0.25) is 4.79 Å². The van der Waals surface area contributed by atoms with Crippen LogP contribution in [-0.2, 0) is 0 Å². The van der Waals surface area contributed by atoms with E-state index in [1.54, 1.807) is 26.4 Å². The maximum atomic E-state index is 12.2. The fourth-order valence-corrected chi connectivity index (χ4v) is 2.15. The van der Waals surface area contributed by atoms with Gasteiger partial charge in [-0.25, -0.2) is 0 Å². The van der Waals surface area contributed by atoms with Gasteiger partial charge in [0.05, 0.1) is 19.9 Å². The van der Waals surface area contributed by atoms with Gasteiger partial charge in [0.15, 0.2) is 5.78 Å². The molecule has 2 rings (SSSR count). The van der Waals surface area contributed by atoms with Crippen molar-refractivity contribution in [1.29, 1.82) is 0 Å². The largest absolute Gasteiger partial charge is 0.497 e. The monoisotopic (exact) mass is 311 g/mol. The van der Waals surface area contributed by atoms with Crippen LogP contribution in [0.15, 0.2) is 54.2 Å². The molecule has 0 unspecified atom stereocenters. The molecule has 0 radical (unpaired) electrons. The van der Waals surface area contributed by atoms with E-state index in [9.17, 15) is 4.79 Å². The first-order valence-corrected chi connectivity index (χ1v) is 7.32. The zero-order valence-corrected chi connectivity index (χ0v) is 13.8. The standard InChI is InChI=1S/C19H21NO3/c1-13-5-7-15(8-6-13)18(21)11-14(2)20-17-10-9-16(22-3)12-19(17)23-4/h5-12,20H,1-4H3. The van der Waals surface area contributed by atoms with Crippen molar-refractivity contribution in [2.24, 2.45) is 0 Å². The molecule has 1 N–H and O–H groups in total. The lowest BCUT2D eigenvalue weighted by Crippen LogP contribution is -2.03. The lowest BCUT2D eigenvalue weighted by atomic mass is 10.1. The molecular weight excluding hydrogens is 290 g/mol. The second kappa shape index (κ2) is 7.49. The third-order valence-corrected chi connectivity index (χ3v) is 3.42. The number of methoxy groups -OCH3 is 2. The van der Waals surface area contributed by atoms with E-state index in [0.717, 1.165) is 16.9 Å². The van der Waals surface area contributed by atoms with E-state index in [1.807, 2.05) is 50.2 Å². The molecule has 0 fully saturated rings. The van der Waals surface area contributed by atoms with Gasteiger partial charge in [0, 0.05) is 23.4 Å². The van der Waals surface area contributed by atoms with Crippen LogP contribution in [0.4, 0.5) is 5.69 Å². The Labute approximate surface area is 136 Å². The highest BCUT2D eigenvalue weighted by Gasteiger charge is 2.07. The van der Waals surface area contributed by atoms with Crippen LogP contribution in [0.5, 0.6) is 11.5 Å². The zero-order chi connectivity index (χ0) is 16.8. The van der Waals surface area contributed by atoms with E-state index >= 15 is 0 Å². The third kappa shape index (κ3) is 4.36. The molecule has 0 aliphatic heterocycles. The normalized spacial score (nSPS) is 11.0. The minimum atomic E-state index is -0.0394. The van der Waals surface area contributed by atoms with E-state index < -0.39 is 0 Å². The summed E-state index contributed by atoms with van der Waals surface area (Å²) in [6, 6.07) is 13.0. The molecule has 2 aromatic rings. The quantitative estimate of drug-likeness (QED) is 0.641. The Hall–Kier alpha value is -2.75. The number of carbonyl (C=O) groups excluding carboxylic acids is 1. The molecule has 0 saturated heterocycles. The fraction of sp³-hybridized carbons (Fsp3) is 0.211. The molecule has 2 aromatic carbocycles. The van der Waals surface area contributed by atoms with Gasteiger partial charge in [-0.05, 0) is 26.0 Å². The van der Waals surface area contributed by atoms with Crippen LogP contribution in [-0.4, -0.2) is 20.0 Å². The van der Waals surface area contributed by atoms with Gasteiger partial charge in [-0.1, -0.05) is 29.8 Å². The number of ether oxygens (including phenoxy) is 2. The van der Waals surface area contributed by atoms with E-state index in [2.05, 4.69) is 5.32 Å². The smallest absolute Gasteiger partial charge is 0.187 e. The highest BCUT2D eigenvalue weighted by Crippen LogP contribution is 2.29. The molecule has 4 nitrogen and oxygen atoms in total. The van der Waals surface area contributed by atoms with Crippen molar-refractivity contribution in [3.05, 3.63) is 65.4 Å². The molecule has 0 aromatic heterocycles. The Morgan fingerprint density at radius 2 is 1.74 bits per heavy atom. The van der Waals surface area contributed by atoms with E-state index in [4.69, 9.17) is 9.47 Å². The molecule has 0 bridgehead atoms. The topological polar surface area (TPSA) is 47.6 Å². The van der Waals surface area contributed by atoms with Crippen LogP contribution in [0.1, 0.15) is 22.8 Å². The molecule has 0 amide bonds. The highest BCUT2D eigenvalue weighted by molar-refractivity contribution is 6.05. The summed E-state index contributed by atoms with van der Waals surface area (Å²) in [5.41, 5.74) is 3.31. The number of nitrogens with one attached hydrogen (secondary N) is 1. The van der Waals surface area contributed by atoms with Crippen LogP contribution in [0.2, 0.25) is 0 Å². The molecule has 120 valence electrons. The summed E-state index contributed by atoms with van der Waals surface area (Å²) in [4.78, 5) is 12.2. The average molecular weight is 311 g/mol. The molecule has 0 atom stereocenters. The summed E-state index contributed by atoms with van der Waals surface area (Å²) in [5.74, 6) is 1.33. The van der Waals surface area contributed by atoms with Crippen molar-refractivity contribution >= 4 is 11.5 Å². The Morgan fingerprint density at radius 3 is 2.35 bits per heavy atom. The molecule has 0 saturated carbocycles. The van der Waals surface area contributed by atoms with Gasteiger partial charge in [0.1, 0.15) is 11.5 Å². The Bertz CT molecular complexity index is 718. The minimum Gasteiger partial charge on any atom is -0.497 e. The van der Waals surface area contributed by atoms with Gasteiger partial charge >= 0.3 is 0 Å². The van der Waals surface area contributed by atoms with Gasteiger partial charge < -0.3 is 14.8 Å². The fourth-order valence-electron chi connectivity index (χ4n) is 2.15. The predicted octanol–water partition coefficient (Wildman–Crippen LogP) is 4.21. The summed E-state index contributed by atoms with van der Waals surface area (Å²) in [6.45, 7) is 3.84. The van der Waals surface area contributed by atoms with Crippen LogP contribution in [0.25, 0.3) is 0 Å². The van der Waals surface area contributed by atoms with Gasteiger partial charge in [0.25, 0.3) is 0 Å². The number of rotatable bonds is 6. The van der Waals surface area contributed by atoms with E-state index in [-0.39, 0.29) is 5.78 Å². The third-order valence-electron chi connectivity index (χ3n) is 3.42. The Balaban J connectivity index is 2.16. The van der Waals surface area contributed by atoms with Crippen LogP contribution < -0.4 is 14.8 Å². The van der Waals surface area contributed by atoms with Crippen LogP contribution in [0.3, 0.4) is 0 Å². The molecule has 23 heavy (non-hydrogen) atoms. The lowest BCUT2D eigenvalue weighted by molar-refractivity contribution is 0.104. The Kier molecular flexibility index (Phi) is 5.41. The number of hydrogen-bond acceptors (Lipinski definition) is 4. The van der Waals surface area contributed by atoms with Crippen LogP contribution >= 0.6 is 0 Å².